The van der Waals surface area contributed by atoms with Gasteiger partial charge >= 0.3 is 17.9 Å². The van der Waals surface area contributed by atoms with Crippen molar-refractivity contribution in [1.29, 1.82) is 0 Å². The molecule has 1 aromatic heterocycles. The number of benzene rings is 1. The van der Waals surface area contributed by atoms with Gasteiger partial charge in [-0.2, -0.15) is 11.8 Å². The summed E-state index contributed by atoms with van der Waals surface area (Å²) in [5.74, 6) is -6.13. The minimum absolute atomic E-state index is 0.0347. The number of nitrogens with two attached hydrogens (primary N) is 1. The summed E-state index contributed by atoms with van der Waals surface area (Å²) in [5, 5.41) is 35.6. The van der Waals surface area contributed by atoms with Crippen molar-refractivity contribution < 1.29 is 44.1 Å². The first kappa shape index (κ1) is 32.1. The van der Waals surface area contributed by atoms with E-state index in [2.05, 4.69) is 20.9 Å². The first-order valence-electron chi connectivity index (χ1n) is 12.3. The number of rotatable bonds is 17. The second-order valence-electron chi connectivity index (χ2n) is 9.00. The Hall–Kier alpha value is -4.11. The van der Waals surface area contributed by atoms with E-state index in [9.17, 15) is 33.9 Å². The van der Waals surface area contributed by atoms with E-state index in [1.807, 2.05) is 18.2 Å². The molecule has 0 spiro atoms. The van der Waals surface area contributed by atoms with E-state index in [0.29, 0.717) is 11.3 Å². The molecule has 0 bridgehead atoms. The highest BCUT2D eigenvalue weighted by molar-refractivity contribution is 7.98. The Balaban J connectivity index is 2.18. The van der Waals surface area contributed by atoms with Crippen LogP contribution in [0.1, 0.15) is 31.2 Å². The van der Waals surface area contributed by atoms with Gasteiger partial charge < -0.3 is 42.0 Å². The zero-order valence-electron chi connectivity index (χ0n) is 21.7. The van der Waals surface area contributed by atoms with Crippen LogP contribution in [-0.4, -0.2) is 92.1 Å². The van der Waals surface area contributed by atoms with Gasteiger partial charge in [0.1, 0.15) is 18.1 Å². The number of H-pyrrole nitrogens is 1. The highest BCUT2D eigenvalue weighted by Crippen LogP contribution is 2.19. The zero-order valence-corrected chi connectivity index (χ0v) is 22.5. The molecule has 0 radical (unpaired) electrons. The normalized spacial score (nSPS) is 13.9. The molecule has 2 rings (SSSR count). The molecule has 3 amide bonds. The molecule has 2 aromatic rings. The smallest absolute Gasteiger partial charge is 0.326 e. The third-order valence-electron chi connectivity index (χ3n) is 5.97. The Labute approximate surface area is 233 Å². The molecule has 4 unspecified atom stereocenters. The molecule has 4 atom stereocenters. The van der Waals surface area contributed by atoms with Gasteiger partial charge in [0.2, 0.25) is 17.7 Å². The van der Waals surface area contributed by atoms with E-state index < -0.39 is 72.6 Å². The van der Waals surface area contributed by atoms with Crippen LogP contribution in [0.15, 0.2) is 30.5 Å². The lowest BCUT2D eigenvalue weighted by molar-refractivity contribution is -0.142. The van der Waals surface area contributed by atoms with Crippen LogP contribution < -0.4 is 21.7 Å². The van der Waals surface area contributed by atoms with Crippen molar-refractivity contribution in [2.45, 2.75) is 56.3 Å². The van der Waals surface area contributed by atoms with Crippen molar-refractivity contribution in [3.63, 3.8) is 0 Å². The fourth-order valence-corrected chi connectivity index (χ4v) is 4.34. The minimum Gasteiger partial charge on any atom is -0.481 e. The van der Waals surface area contributed by atoms with E-state index in [1.54, 1.807) is 18.5 Å². The van der Waals surface area contributed by atoms with Gasteiger partial charge in [-0.25, -0.2) is 4.79 Å². The number of amides is 3. The van der Waals surface area contributed by atoms with Crippen LogP contribution in [0.2, 0.25) is 0 Å². The monoisotopic (exact) mass is 579 g/mol. The summed E-state index contributed by atoms with van der Waals surface area (Å²) >= 11 is 1.38. The topological polar surface area (TPSA) is 241 Å². The highest BCUT2D eigenvalue weighted by atomic mass is 32.2. The summed E-state index contributed by atoms with van der Waals surface area (Å²) in [6.07, 6.45) is 1.91. The Kier molecular flexibility index (Phi) is 12.4. The number of hydrogen-bond donors (Lipinski definition) is 8. The van der Waals surface area contributed by atoms with Gasteiger partial charge in [-0.05, 0) is 36.5 Å². The molecule has 218 valence electrons. The molecule has 0 saturated carbocycles. The number of carbonyl (C=O) groups is 6. The van der Waals surface area contributed by atoms with Crippen LogP contribution in [0.5, 0.6) is 0 Å². The summed E-state index contributed by atoms with van der Waals surface area (Å²) in [5.41, 5.74) is 7.02. The lowest BCUT2D eigenvalue weighted by Crippen LogP contribution is -2.57. The van der Waals surface area contributed by atoms with Crippen molar-refractivity contribution in [1.82, 2.24) is 20.9 Å². The quantitative estimate of drug-likeness (QED) is 0.121. The second-order valence-corrected chi connectivity index (χ2v) is 9.99. The molecule has 9 N–H and O–H groups in total. The average molecular weight is 580 g/mol. The van der Waals surface area contributed by atoms with E-state index in [4.69, 9.17) is 15.9 Å². The summed E-state index contributed by atoms with van der Waals surface area (Å²) in [7, 11) is 0. The Morgan fingerprint density at radius 1 is 0.875 bits per heavy atom. The number of thioether (sulfide) groups is 1. The third-order valence-corrected chi connectivity index (χ3v) is 6.61. The number of fused-ring (bicyclic) bond motifs is 1. The van der Waals surface area contributed by atoms with Crippen LogP contribution in [0.4, 0.5) is 0 Å². The number of carboxylic acids is 3. The van der Waals surface area contributed by atoms with Crippen LogP contribution in [0, 0.1) is 0 Å². The fraction of sp³-hybridized carbons (Fsp3) is 0.440. The Bertz CT molecular complexity index is 1230. The number of aromatic nitrogens is 1. The van der Waals surface area contributed by atoms with Gasteiger partial charge in [0.15, 0.2) is 0 Å². The van der Waals surface area contributed by atoms with Gasteiger partial charge in [-0.1, -0.05) is 18.2 Å². The van der Waals surface area contributed by atoms with Crippen LogP contribution in [0.3, 0.4) is 0 Å². The second kappa shape index (κ2) is 15.5. The van der Waals surface area contributed by atoms with Crippen molar-refractivity contribution >= 4 is 58.3 Å². The van der Waals surface area contributed by atoms with Gasteiger partial charge in [-0.3, -0.25) is 24.0 Å². The number of aromatic amines is 1. The molecule has 0 aliphatic rings. The predicted octanol–water partition coefficient (Wildman–Crippen LogP) is -0.331. The van der Waals surface area contributed by atoms with Crippen LogP contribution >= 0.6 is 11.8 Å². The van der Waals surface area contributed by atoms with Gasteiger partial charge in [0, 0.05) is 29.9 Å². The zero-order chi connectivity index (χ0) is 29.8. The predicted molar refractivity (Wildman–Crippen MR) is 146 cm³/mol. The number of para-hydroxylation sites is 1. The molecular weight excluding hydrogens is 546 g/mol. The van der Waals surface area contributed by atoms with E-state index in [0.717, 1.165) is 10.9 Å². The average Bonchev–Trinajstić information content (AvgIpc) is 3.30. The maximum absolute atomic E-state index is 13.2. The lowest BCUT2D eigenvalue weighted by atomic mass is 10.0. The maximum atomic E-state index is 13.2. The number of aliphatic carboxylic acids is 3. The lowest BCUT2D eigenvalue weighted by Gasteiger charge is -2.25. The molecule has 1 heterocycles. The Morgan fingerprint density at radius 3 is 2.08 bits per heavy atom. The number of carbonyl (C=O) groups excluding carboxylic acids is 3. The summed E-state index contributed by atoms with van der Waals surface area (Å²) in [4.78, 5) is 75.5. The van der Waals surface area contributed by atoms with Gasteiger partial charge in [-0.15, -0.1) is 0 Å². The molecule has 15 heteroatoms. The third kappa shape index (κ3) is 9.89. The molecule has 0 saturated heterocycles. The highest BCUT2D eigenvalue weighted by Gasteiger charge is 2.31. The van der Waals surface area contributed by atoms with Crippen molar-refractivity contribution in [3.05, 3.63) is 36.0 Å². The summed E-state index contributed by atoms with van der Waals surface area (Å²) in [6, 6.07) is 1.81. The largest absolute Gasteiger partial charge is 0.481 e. The maximum Gasteiger partial charge on any atom is 0.326 e. The van der Waals surface area contributed by atoms with Crippen molar-refractivity contribution in [3.8, 4) is 0 Å². The first-order valence-corrected chi connectivity index (χ1v) is 13.7. The molecule has 14 nitrogen and oxygen atoms in total. The molecule has 1 aromatic carbocycles. The Morgan fingerprint density at radius 2 is 1.48 bits per heavy atom. The minimum atomic E-state index is -1.49. The number of nitrogens with one attached hydrogen (secondary N) is 4. The molecular formula is C25H33N5O9S. The summed E-state index contributed by atoms with van der Waals surface area (Å²) in [6.45, 7) is 0. The molecule has 0 aliphatic carbocycles. The SMILES string of the molecule is CSCCC(NC(=O)C(CCC(=O)O)NC(=O)C(N)CC(=O)O)C(=O)NC(Cc1c[nH]c2ccccc12)C(=O)O. The standard InChI is InChI=1S/C25H33N5O9S/c1-40-9-8-18(29-23(36)17(6-7-20(31)32)28-22(35)15(26)11-21(33)34)24(37)30-19(25(38)39)10-13-12-27-16-5-3-2-4-14(13)16/h2-5,12,15,17-19,27H,6-11,26H2,1H3,(H,28,35)(H,29,36)(H,30,37)(H,31,32)(H,33,34)(H,38,39). The number of carboxylic acid groups (broad SMARTS) is 3. The van der Waals surface area contributed by atoms with E-state index >= 15 is 0 Å². The van der Waals surface area contributed by atoms with Crippen LogP contribution in [0.25, 0.3) is 10.9 Å². The van der Waals surface area contributed by atoms with E-state index in [1.165, 1.54) is 11.8 Å². The van der Waals surface area contributed by atoms with E-state index in [-0.39, 0.29) is 19.3 Å². The molecule has 0 fully saturated rings. The van der Waals surface area contributed by atoms with Gasteiger partial charge in [0.05, 0.1) is 12.5 Å². The van der Waals surface area contributed by atoms with Crippen molar-refractivity contribution in [2.75, 3.05) is 12.0 Å². The number of hydrogen-bond acceptors (Lipinski definition) is 8. The van der Waals surface area contributed by atoms with Crippen LogP contribution in [-0.2, 0) is 35.2 Å². The van der Waals surface area contributed by atoms with Gasteiger partial charge in [0.25, 0.3) is 0 Å². The summed E-state index contributed by atoms with van der Waals surface area (Å²) < 4.78 is 0. The fourth-order valence-electron chi connectivity index (χ4n) is 3.87. The molecule has 40 heavy (non-hydrogen) atoms. The van der Waals surface area contributed by atoms with Crippen molar-refractivity contribution in [2.24, 2.45) is 5.73 Å². The first-order chi connectivity index (χ1) is 18.9. The molecule has 0 aliphatic heterocycles.